The lowest BCUT2D eigenvalue weighted by atomic mass is 10.1. The largest absolute Gasteiger partial charge is 0.396 e. The van der Waals surface area contributed by atoms with Crippen molar-refractivity contribution in [3.8, 4) is 0 Å². The minimum Gasteiger partial charge on any atom is -0.396 e. The smallest absolute Gasteiger partial charge is 0.307 e. The zero-order chi connectivity index (χ0) is 15.8. The minimum atomic E-state index is -4.02. The summed E-state index contributed by atoms with van der Waals surface area (Å²) in [5.41, 5.74) is -1.08. The summed E-state index contributed by atoms with van der Waals surface area (Å²) in [5.74, 6) is 0. The number of hydrogen-bond donors (Lipinski definition) is 2. The van der Waals surface area contributed by atoms with Crippen molar-refractivity contribution in [2.75, 3.05) is 13.2 Å². The summed E-state index contributed by atoms with van der Waals surface area (Å²) >= 11 is 11.5. The van der Waals surface area contributed by atoms with Crippen molar-refractivity contribution >= 4 is 38.9 Å². The van der Waals surface area contributed by atoms with E-state index in [0.717, 1.165) is 25.0 Å². The second-order valence-corrected chi connectivity index (χ2v) is 7.47. The summed E-state index contributed by atoms with van der Waals surface area (Å²) in [5, 5.41) is 19.3. The average molecular weight is 355 g/mol. The Bertz CT molecular complexity index is 688. The van der Waals surface area contributed by atoms with Gasteiger partial charge in [-0.15, -0.1) is 0 Å². The van der Waals surface area contributed by atoms with Crippen LogP contribution in [0.4, 0.5) is 5.69 Å². The van der Waals surface area contributed by atoms with E-state index in [-0.39, 0.29) is 18.2 Å². The molecule has 0 unspecified atom stereocenters. The highest BCUT2D eigenvalue weighted by Crippen LogP contribution is 2.44. The van der Waals surface area contributed by atoms with E-state index >= 15 is 0 Å². The number of nitro benzene ring substituents is 1. The zero-order valence-corrected chi connectivity index (χ0v) is 13.0. The van der Waals surface area contributed by atoms with Crippen LogP contribution < -0.4 is 4.72 Å². The lowest BCUT2D eigenvalue weighted by Gasteiger charge is -2.14. The molecule has 21 heavy (non-hydrogen) atoms. The van der Waals surface area contributed by atoms with Crippen LogP contribution in [0.2, 0.25) is 10.0 Å². The maximum Gasteiger partial charge on any atom is 0.307 e. The van der Waals surface area contributed by atoms with Crippen LogP contribution in [0, 0.1) is 15.5 Å². The van der Waals surface area contributed by atoms with E-state index in [0.29, 0.717) is 0 Å². The molecular weight excluding hydrogens is 343 g/mol. The molecule has 7 nitrogen and oxygen atoms in total. The van der Waals surface area contributed by atoms with Crippen molar-refractivity contribution in [2.45, 2.75) is 17.7 Å². The van der Waals surface area contributed by atoms with Gasteiger partial charge in [0, 0.05) is 18.6 Å². The molecule has 0 heterocycles. The van der Waals surface area contributed by atoms with Gasteiger partial charge in [0.1, 0.15) is 14.9 Å². The van der Waals surface area contributed by atoms with Gasteiger partial charge >= 0.3 is 5.69 Å². The first-order valence-corrected chi connectivity index (χ1v) is 8.19. The number of aliphatic hydroxyl groups excluding tert-OH is 1. The third-order valence-electron chi connectivity index (χ3n) is 3.43. The number of nitro groups is 1. The topological polar surface area (TPSA) is 110 Å². The Morgan fingerprint density at radius 1 is 1.38 bits per heavy atom. The quantitative estimate of drug-likeness (QED) is 0.599. The minimum absolute atomic E-state index is 0.0542. The molecule has 2 N–H and O–H groups in total. The number of nitrogens with one attached hydrogen (secondary N) is 1. The number of aliphatic hydroxyl groups is 1. The van der Waals surface area contributed by atoms with E-state index < -0.39 is 36.0 Å². The van der Waals surface area contributed by atoms with E-state index in [2.05, 4.69) is 4.72 Å². The molecule has 10 heteroatoms. The number of rotatable bonds is 6. The van der Waals surface area contributed by atoms with Gasteiger partial charge in [0.05, 0.1) is 4.92 Å². The van der Waals surface area contributed by atoms with Crippen LogP contribution in [0.5, 0.6) is 0 Å². The van der Waals surface area contributed by atoms with Crippen LogP contribution in [-0.4, -0.2) is 31.6 Å². The Morgan fingerprint density at radius 2 is 2.00 bits per heavy atom. The summed E-state index contributed by atoms with van der Waals surface area (Å²) in [6, 6.07) is 2.22. The van der Waals surface area contributed by atoms with Gasteiger partial charge in [0.15, 0.2) is 0 Å². The molecule has 1 saturated carbocycles. The van der Waals surface area contributed by atoms with Gasteiger partial charge in [-0.1, -0.05) is 23.2 Å². The first-order valence-electron chi connectivity index (χ1n) is 5.95. The van der Waals surface area contributed by atoms with Crippen LogP contribution in [0.1, 0.15) is 12.8 Å². The van der Waals surface area contributed by atoms with Gasteiger partial charge in [-0.25, -0.2) is 13.1 Å². The van der Waals surface area contributed by atoms with E-state index in [4.69, 9.17) is 28.3 Å². The van der Waals surface area contributed by atoms with Gasteiger partial charge in [-0.05, 0) is 25.0 Å². The number of sulfonamides is 1. The summed E-state index contributed by atoms with van der Waals surface area (Å²) in [6.07, 6.45) is 1.45. The Morgan fingerprint density at radius 3 is 2.48 bits per heavy atom. The number of halogens is 2. The highest BCUT2D eigenvalue weighted by molar-refractivity contribution is 7.89. The van der Waals surface area contributed by atoms with Crippen LogP contribution in [0.3, 0.4) is 0 Å². The monoisotopic (exact) mass is 354 g/mol. The number of nitrogens with zero attached hydrogens (tertiary/aromatic N) is 1. The molecule has 0 radical (unpaired) electrons. The molecule has 1 aliphatic carbocycles. The SMILES string of the molecule is O=[N+]([O-])c1c(Cl)ccc(S(=O)(=O)NCC2(CO)CC2)c1Cl. The molecule has 2 rings (SSSR count). The molecule has 0 amide bonds. The van der Waals surface area contributed by atoms with Crippen molar-refractivity contribution in [1.29, 1.82) is 0 Å². The van der Waals surface area contributed by atoms with Gasteiger partial charge in [0.25, 0.3) is 0 Å². The molecule has 0 spiro atoms. The van der Waals surface area contributed by atoms with E-state index in [1.165, 1.54) is 0 Å². The maximum absolute atomic E-state index is 12.2. The van der Waals surface area contributed by atoms with Crippen LogP contribution in [-0.2, 0) is 10.0 Å². The molecular formula is C11H12Cl2N2O5S. The summed E-state index contributed by atoms with van der Waals surface area (Å²) in [6.45, 7) is -0.0669. The van der Waals surface area contributed by atoms with Gasteiger partial charge < -0.3 is 5.11 Å². The molecule has 0 bridgehead atoms. The molecule has 1 aromatic rings. The first-order chi connectivity index (χ1) is 9.72. The normalized spacial score (nSPS) is 16.7. The van der Waals surface area contributed by atoms with E-state index in [1.807, 2.05) is 0 Å². The van der Waals surface area contributed by atoms with Crippen molar-refractivity contribution in [1.82, 2.24) is 4.72 Å². The molecule has 0 aliphatic heterocycles. The third-order valence-corrected chi connectivity index (χ3v) is 5.68. The second-order valence-electron chi connectivity index (χ2n) is 4.95. The summed E-state index contributed by atoms with van der Waals surface area (Å²) in [7, 11) is -4.02. The van der Waals surface area contributed by atoms with E-state index in [1.54, 1.807) is 0 Å². The van der Waals surface area contributed by atoms with Crippen LogP contribution >= 0.6 is 23.2 Å². The van der Waals surface area contributed by atoms with Crippen molar-refractivity contribution < 1.29 is 18.4 Å². The van der Waals surface area contributed by atoms with Gasteiger partial charge in [-0.3, -0.25) is 10.1 Å². The summed E-state index contributed by atoms with van der Waals surface area (Å²) < 4.78 is 26.7. The first kappa shape index (κ1) is 16.4. The van der Waals surface area contributed by atoms with Crippen LogP contribution in [0.15, 0.2) is 17.0 Å². The molecule has 1 aliphatic rings. The summed E-state index contributed by atoms with van der Waals surface area (Å²) in [4.78, 5) is 9.64. The fraction of sp³-hybridized carbons (Fsp3) is 0.455. The highest BCUT2D eigenvalue weighted by atomic mass is 35.5. The fourth-order valence-electron chi connectivity index (χ4n) is 1.79. The van der Waals surface area contributed by atoms with Crippen molar-refractivity contribution in [3.63, 3.8) is 0 Å². The van der Waals surface area contributed by atoms with Crippen LogP contribution in [0.25, 0.3) is 0 Å². The van der Waals surface area contributed by atoms with E-state index in [9.17, 15) is 18.5 Å². The van der Waals surface area contributed by atoms with Gasteiger partial charge in [0.2, 0.25) is 10.0 Å². The molecule has 0 atom stereocenters. The lowest BCUT2D eigenvalue weighted by molar-refractivity contribution is -0.384. The Kier molecular flexibility index (Phi) is 4.46. The third kappa shape index (κ3) is 3.29. The molecule has 0 aromatic heterocycles. The predicted molar refractivity (Wildman–Crippen MR) is 77.1 cm³/mol. The Balaban J connectivity index is 2.32. The molecule has 1 fully saturated rings. The second kappa shape index (κ2) is 5.69. The number of hydrogen-bond acceptors (Lipinski definition) is 5. The predicted octanol–water partition coefficient (Wildman–Crippen LogP) is 1.95. The zero-order valence-electron chi connectivity index (χ0n) is 10.7. The maximum atomic E-state index is 12.2. The lowest BCUT2D eigenvalue weighted by Crippen LogP contribution is -2.32. The van der Waals surface area contributed by atoms with Gasteiger partial charge in [-0.2, -0.15) is 0 Å². The number of benzene rings is 1. The average Bonchev–Trinajstić information content (AvgIpc) is 3.16. The highest BCUT2D eigenvalue weighted by Gasteiger charge is 2.43. The fourth-order valence-corrected chi connectivity index (χ4v) is 3.84. The Hall–Kier alpha value is -0.930. The molecule has 116 valence electrons. The standard InChI is InChI=1S/C11H12Cl2N2O5S/c12-7-1-2-8(9(13)10(7)15(17)18)21(19,20)14-5-11(6-16)3-4-11/h1-2,14,16H,3-6H2. The Labute approximate surface area is 131 Å². The molecule has 1 aromatic carbocycles. The van der Waals surface area contributed by atoms with Crippen molar-refractivity contribution in [2.24, 2.45) is 5.41 Å². The van der Waals surface area contributed by atoms with Crippen molar-refractivity contribution in [3.05, 3.63) is 32.3 Å². The molecule has 0 saturated heterocycles.